The van der Waals surface area contributed by atoms with Crippen molar-refractivity contribution < 1.29 is 0 Å². The molecule has 66 valence electrons. The molecule has 0 aromatic carbocycles. The highest BCUT2D eigenvalue weighted by Gasteiger charge is 2.09. The van der Waals surface area contributed by atoms with E-state index in [4.69, 9.17) is 34.8 Å². The van der Waals surface area contributed by atoms with Crippen LogP contribution in [0.1, 0.15) is 13.3 Å². The molecule has 1 unspecified atom stereocenters. The van der Waals surface area contributed by atoms with Crippen molar-refractivity contribution in [2.75, 3.05) is 0 Å². The fraction of sp³-hybridized carbons (Fsp3) is 0.375. The van der Waals surface area contributed by atoms with Crippen molar-refractivity contribution >= 4 is 40.0 Å². The molecule has 0 aromatic heterocycles. The van der Waals surface area contributed by atoms with E-state index in [-0.39, 0.29) is 5.92 Å². The molecule has 0 aromatic rings. The van der Waals surface area contributed by atoms with Gasteiger partial charge in [0.25, 0.3) is 0 Å². The smallest absolute Gasteiger partial charge is 0.131 e. The number of hydrogen-bond acceptors (Lipinski definition) is 1. The van der Waals surface area contributed by atoms with Gasteiger partial charge in [-0.15, -0.1) is 0 Å². The van der Waals surface area contributed by atoms with Crippen LogP contribution in [0.2, 0.25) is 0 Å². The molecule has 0 N–H and O–H groups in total. The molecule has 0 spiro atoms. The summed E-state index contributed by atoms with van der Waals surface area (Å²) in [5.74, 6) is 0.183. The van der Waals surface area contributed by atoms with Crippen molar-refractivity contribution in [3.63, 3.8) is 0 Å². The average molecular weight is 225 g/mol. The van der Waals surface area contributed by atoms with Gasteiger partial charge in [-0.2, -0.15) is 0 Å². The second-order valence-electron chi connectivity index (χ2n) is 2.63. The highest BCUT2D eigenvalue weighted by atomic mass is 35.5. The summed E-state index contributed by atoms with van der Waals surface area (Å²) < 4.78 is 0. The predicted octanol–water partition coefficient (Wildman–Crippen LogP) is 3.87. The molecule has 0 saturated heterocycles. The molecule has 1 aliphatic heterocycles. The van der Waals surface area contributed by atoms with E-state index in [1.807, 2.05) is 13.0 Å². The molecular formula is C8H8Cl3N. The zero-order chi connectivity index (χ0) is 9.14. The van der Waals surface area contributed by atoms with Crippen molar-refractivity contribution in [3.8, 4) is 0 Å². The lowest BCUT2D eigenvalue weighted by atomic mass is 10.1. The molecule has 1 aliphatic rings. The summed E-state index contributed by atoms with van der Waals surface area (Å²) in [6.45, 7) is 1.97. The second kappa shape index (κ2) is 4.31. The van der Waals surface area contributed by atoms with Crippen LogP contribution in [0.3, 0.4) is 0 Å². The average Bonchev–Trinajstić information content (AvgIpc) is 1.98. The van der Waals surface area contributed by atoms with Crippen molar-refractivity contribution in [2.24, 2.45) is 10.9 Å². The van der Waals surface area contributed by atoms with Gasteiger partial charge < -0.3 is 0 Å². The number of halogens is 3. The lowest BCUT2D eigenvalue weighted by Crippen LogP contribution is -2.04. The zero-order valence-electron chi connectivity index (χ0n) is 6.52. The van der Waals surface area contributed by atoms with Crippen LogP contribution < -0.4 is 0 Å². The summed E-state index contributed by atoms with van der Waals surface area (Å²) in [6, 6.07) is 0. The van der Waals surface area contributed by atoms with Crippen molar-refractivity contribution in [1.29, 1.82) is 0 Å². The summed E-state index contributed by atoms with van der Waals surface area (Å²) >= 11 is 17.3. The standard InChI is InChI=1S/C8H8Cl3N/c1-5-2-3-6(9)4-7(10)12-8(5)11/h3-5H,2H2,1H3/b6-3-,7-4-,12-8+. The Balaban J connectivity index is 2.96. The van der Waals surface area contributed by atoms with Crippen molar-refractivity contribution in [3.05, 3.63) is 22.3 Å². The number of hydrogen-bond donors (Lipinski definition) is 0. The molecule has 0 fully saturated rings. The zero-order valence-corrected chi connectivity index (χ0v) is 8.79. The molecule has 1 nitrogen and oxygen atoms in total. The normalized spacial score (nSPS) is 38.0. The van der Waals surface area contributed by atoms with Crippen LogP contribution in [0.25, 0.3) is 0 Å². The molecular weight excluding hydrogens is 216 g/mol. The first-order chi connectivity index (χ1) is 5.59. The molecule has 1 heterocycles. The van der Waals surface area contributed by atoms with Crippen LogP contribution in [0, 0.1) is 5.92 Å². The molecule has 12 heavy (non-hydrogen) atoms. The maximum Gasteiger partial charge on any atom is 0.131 e. The summed E-state index contributed by atoms with van der Waals surface area (Å²) in [4.78, 5) is 3.95. The van der Waals surface area contributed by atoms with Crippen molar-refractivity contribution in [2.45, 2.75) is 13.3 Å². The van der Waals surface area contributed by atoms with Gasteiger partial charge in [-0.05, 0) is 12.5 Å². The van der Waals surface area contributed by atoms with E-state index in [0.29, 0.717) is 15.4 Å². The first-order valence-electron chi connectivity index (χ1n) is 3.56. The maximum atomic E-state index is 5.84. The van der Waals surface area contributed by atoms with E-state index in [9.17, 15) is 0 Å². The first kappa shape index (κ1) is 10.1. The van der Waals surface area contributed by atoms with E-state index < -0.39 is 0 Å². The van der Waals surface area contributed by atoms with E-state index >= 15 is 0 Å². The fourth-order valence-corrected chi connectivity index (χ4v) is 1.48. The summed E-state index contributed by atoms with van der Waals surface area (Å²) in [5.41, 5.74) is 0. The molecule has 4 heteroatoms. The van der Waals surface area contributed by atoms with Crippen LogP contribution >= 0.6 is 34.8 Å². The number of rotatable bonds is 0. The minimum Gasteiger partial charge on any atom is -0.229 e. The van der Waals surface area contributed by atoms with Gasteiger partial charge in [-0.3, -0.25) is 0 Å². The Morgan fingerprint density at radius 1 is 1.42 bits per heavy atom. The highest BCUT2D eigenvalue weighted by Crippen LogP contribution is 2.21. The maximum absolute atomic E-state index is 5.84. The van der Waals surface area contributed by atoms with Crippen LogP contribution in [0.4, 0.5) is 0 Å². The van der Waals surface area contributed by atoms with E-state index in [0.717, 1.165) is 6.42 Å². The Bertz CT molecular complexity index is 265. The first-order valence-corrected chi connectivity index (χ1v) is 4.70. The Kier molecular flexibility index (Phi) is 3.63. The lowest BCUT2D eigenvalue weighted by Gasteiger charge is -2.08. The van der Waals surface area contributed by atoms with Gasteiger partial charge in [0.05, 0.1) is 0 Å². The molecule has 0 saturated carbocycles. The Morgan fingerprint density at radius 3 is 2.75 bits per heavy atom. The van der Waals surface area contributed by atoms with Crippen LogP contribution in [-0.2, 0) is 0 Å². The van der Waals surface area contributed by atoms with Crippen LogP contribution in [-0.4, -0.2) is 5.17 Å². The molecule has 0 amide bonds. The largest absolute Gasteiger partial charge is 0.229 e. The van der Waals surface area contributed by atoms with Gasteiger partial charge in [0.1, 0.15) is 10.3 Å². The van der Waals surface area contributed by atoms with E-state index in [1.165, 1.54) is 0 Å². The van der Waals surface area contributed by atoms with E-state index in [1.54, 1.807) is 6.08 Å². The minimum atomic E-state index is 0.183. The van der Waals surface area contributed by atoms with Crippen molar-refractivity contribution in [1.82, 2.24) is 0 Å². The van der Waals surface area contributed by atoms with Gasteiger partial charge in [-0.25, -0.2) is 4.99 Å². The van der Waals surface area contributed by atoms with Crippen LogP contribution in [0.15, 0.2) is 27.3 Å². The van der Waals surface area contributed by atoms with Gasteiger partial charge in [0.15, 0.2) is 0 Å². The third-order valence-corrected chi connectivity index (χ3v) is 2.46. The van der Waals surface area contributed by atoms with Gasteiger partial charge in [0, 0.05) is 11.0 Å². The summed E-state index contributed by atoms with van der Waals surface area (Å²) in [5, 5.41) is 1.46. The lowest BCUT2D eigenvalue weighted by molar-refractivity contribution is 0.798. The predicted molar refractivity (Wildman–Crippen MR) is 54.9 cm³/mol. The monoisotopic (exact) mass is 223 g/mol. The second-order valence-corrected chi connectivity index (χ2v) is 3.84. The molecule has 1 rings (SSSR count). The van der Waals surface area contributed by atoms with Crippen LogP contribution in [0.5, 0.6) is 0 Å². The molecule has 0 radical (unpaired) electrons. The molecule has 0 aliphatic carbocycles. The third-order valence-electron chi connectivity index (χ3n) is 1.54. The Hall–Kier alpha value is 0.0200. The third kappa shape index (κ3) is 2.81. The molecule has 0 bridgehead atoms. The summed E-state index contributed by atoms with van der Waals surface area (Å²) in [7, 11) is 0. The molecule has 1 atom stereocenters. The minimum absolute atomic E-state index is 0.183. The van der Waals surface area contributed by atoms with Gasteiger partial charge in [0.2, 0.25) is 0 Å². The van der Waals surface area contributed by atoms with E-state index in [2.05, 4.69) is 4.99 Å². The number of nitrogens with zero attached hydrogens (tertiary/aromatic N) is 1. The van der Waals surface area contributed by atoms with Gasteiger partial charge >= 0.3 is 0 Å². The Labute approximate surface area is 86.7 Å². The highest BCUT2D eigenvalue weighted by molar-refractivity contribution is 6.66. The topological polar surface area (TPSA) is 12.4 Å². The fourth-order valence-electron chi connectivity index (χ4n) is 0.804. The number of aliphatic imine (C=N–C) groups is 1. The Morgan fingerprint density at radius 2 is 2.08 bits per heavy atom. The van der Waals surface area contributed by atoms with Gasteiger partial charge in [-0.1, -0.05) is 47.8 Å². The quantitative estimate of drug-likeness (QED) is 0.554. The SMILES string of the molecule is CC1C/C=C(Cl)/C=C(Cl)\N=C/1Cl. The summed E-state index contributed by atoms with van der Waals surface area (Å²) in [6.07, 6.45) is 4.25. The number of allylic oxidation sites excluding steroid dienone is 3.